The number of carboxylic acid groups (broad SMARTS) is 1. The lowest BCUT2D eigenvalue weighted by atomic mass is 10.1. The quantitative estimate of drug-likeness (QED) is 0.892. The summed E-state index contributed by atoms with van der Waals surface area (Å²) in [7, 11) is 0. The summed E-state index contributed by atoms with van der Waals surface area (Å²) < 4.78 is 11.3. The van der Waals surface area contributed by atoms with Crippen molar-refractivity contribution < 1.29 is 24.2 Å². The van der Waals surface area contributed by atoms with E-state index in [1.807, 2.05) is 30.3 Å². The van der Waals surface area contributed by atoms with Crippen molar-refractivity contribution in [2.45, 2.75) is 44.0 Å². The molecule has 1 saturated heterocycles. The number of ether oxygens (including phenoxy) is 2. The van der Waals surface area contributed by atoms with Crippen LogP contribution in [0.5, 0.6) is 0 Å². The van der Waals surface area contributed by atoms with Gasteiger partial charge in [-0.25, -0.2) is 4.79 Å². The fourth-order valence-corrected chi connectivity index (χ4v) is 3.29. The summed E-state index contributed by atoms with van der Waals surface area (Å²) >= 11 is 0. The molecule has 6 heteroatoms. The first-order valence-electron chi connectivity index (χ1n) is 8.49. The third kappa shape index (κ3) is 3.94. The third-order valence-corrected chi connectivity index (χ3v) is 4.61. The van der Waals surface area contributed by atoms with Gasteiger partial charge in [0.1, 0.15) is 0 Å². The summed E-state index contributed by atoms with van der Waals surface area (Å²) in [5, 5.41) is 9.13. The van der Waals surface area contributed by atoms with Crippen molar-refractivity contribution in [1.29, 1.82) is 0 Å². The fourth-order valence-electron chi connectivity index (χ4n) is 3.29. The first-order valence-corrected chi connectivity index (χ1v) is 8.49. The van der Waals surface area contributed by atoms with Crippen LogP contribution in [0.2, 0.25) is 0 Å². The van der Waals surface area contributed by atoms with Gasteiger partial charge < -0.3 is 19.5 Å². The maximum absolute atomic E-state index is 13.0. The van der Waals surface area contributed by atoms with Crippen LogP contribution in [0.4, 0.5) is 0 Å². The van der Waals surface area contributed by atoms with E-state index in [0.717, 1.165) is 31.2 Å². The zero-order chi connectivity index (χ0) is 16.9. The SMILES string of the molecule is O=C(O)[C@@H]1CN(C(=O)[C@@H](OC2CCCC2)c2ccccc2)CCO1. The number of carboxylic acids is 1. The summed E-state index contributed by atoms with van der Waals surface area (Å²) in [6, 6.07) is 9.43. The number of carbonyl (C=O) groups is 2. The summed E-state index contributed by atoms with van der Waals surface area (Å²) in [5.41, 5.74) is 0.813. The Bertz CT molecular complexity index is 570. The molecular formula is C18H23NO5. The average Bonchev–Trinajstić information content (AvgIpc) is 3.13. The van der Waals surface area contributed by atoms with Crippen molar-refractivity contribution in [3.8, 4) is 0 Å². The average molecular weight is 333 g/mol. The van der Waals surface area contributed by atoms with Crippen LogP contribution in [0.15, 0.2) is 30.3 Å². The molecule has 1 saturated carbocycles. The Morgan fingerprint density at radius 2 is 1.92 bits per heavy atom. The van der Waals surface area contributed by atoms with Crippen molar-refractivity contribution >= 4 is 11.9 Å². The van der Waals surface area contributed by atoms with Crippen molar-refractivity contribution in [2.75, 3.05) is 19.7 Å². The molecule has 130 valence electrons. The molecule has 1 aliphatic carbocycles. The van der Waals surface area contributed by atoms with Gasteiger partial charge in [0.15, 0.2) is 12.2 Å². The highest BCUT2D eigenvalue weighted by atomic mass is 16.5. The van der Waals surface area contributed by atoms with Crippen LogP contribution < -0.4 is 0 Å². The van der Waals surface area contributed by atoms with Crippen LogP contribution >= 0.6 is 0 Å². The topological polar surface area (TPSA) is 76.1 Å². The van der Waals surface area contributed by atoms with Gasteiger partial charge >= 0.3 is 5.97 Å². The normalized spacial score (nSPS) is 23.2. The number of aliphatic carboxylic acids is 1. The smallest absolute Gasteiger partial charge is 0.334 e. The first kappa shape index (κ1) is 16.9. The standard InChI is InChI=1S/C18H23NO5/c20-17(19-10-11-23-15(12-19)18(21)22)16(13-6-2-1-3-7-13)24-14-8-4-5-9-14/h1-3,6-7,14-16H,4-5,8-12H2,(H,21,22)/t15-,16-/m0/s1. The Hall–Kier alpha value is -1.92. The van der Waals surface area contributed by atoms with E-state index in [-0.39, 0.29) is 25.2 Å². The predicted molar refractivity (Wildman–Crippen MR) is 86.5 cm³/mol. The number of nitrogens with zero attached hydrogens (tertiary/aromatic N) is 1. The van der Waals surface area contributed by atoms with E-state index >= 15 is 0 Å². The highest BCUT2D eigenvalue weighted by molar-refractivity contribution is 5.83. The molecule has 0 aromatic heterocycles. The number of benzene rings is 1. The van der Waals surface area contributed by atoms with Gasteiger partial charge in [-0.05, 0) is 18.4 Å². The molecule has 1 amide bonds. The number of hydrogen-bond donors (Lipinski definition) is 1. The van der Waals surface area contributed by atoms with Crippen LogP contribution in [0.25, 0.3) is 0 Å². The Morgan fingerprint density at radius 1 is 1.21 bits per heavy atom. The molecule has 0 spiro atoms. The molecule has 1 aromatic rings. The van der Waals surface area contributed by atoms with Crippen molar-refractivity contribution in [3.05, 3.63) is 35.9 Å². The van der Waals surface area contributed by atoms with E-state index in [0.29, 0.717) is 6.54 Å². The van der Waals surface area contributed by atoms with E-state index in [1.165, 1.54) is 0 Å². The van der Waals surface area contributed by atoms with Crippen molar-refractivity contribution in [3.63, 3.8) is 0 Å². The Kier molecular flexibility index (Phi) is 5.48. The number of hydrogen-bond acceptors (Lipinski definition) is 4. The molecule has 2 aliphatic rings. The maximum atomic E-state index is 13.0. The molecule has 2 fully saturated rings. The molecular weight excluding hydrogens is 310 g/mol. The molecule has 3 rings (SSSR count). The summed E-state index contributed by atoms with van der Waals surface area (Å²) in [4.78, 5) is 25.7. The fraction of sp³-hybridized carbons (Fsp3) is 0.556. The third-order valence-electron chi connectivity index (χ3n) is 4.61. The van der Waals surface area contributed by atoms with Gasteiger partial charge in [-0.1, -0.05) is 43.2 Å². The zero-order valence-electron chi connectivity index (χ0n) is 13.6. The lowest BCUT2D eigenvalue weighted by Gasteiger charge is -2.34. The Morgan fingerprint density at radius 3 is 2.58 bits per heavy atom. The molecule has 1 aromatic carbocycles. The number of rotatable bonds is 5. The minimum atomic E-state index is -1.04. The van der Waals surface area contributed by atoms with E-state index in [9.17, 15) is 9.59 Å². The van der Waals surface area contributed by atoms with Gasteiger partial charge in [0.2, 0.25) is 0 Å². The minimum absolute atomic E-state index is 0.0610. The van der Waals surface area contributed by atoms with Gasteiger partial charge in [0.05, 0.1) is 19.3 Å². The van der Waals surface area contributed by atoms with Crippen molar-refractivity contribution in [2.24, 2.45) is 0 Å². The predicted octanol–water partition coefficient (Wildman–Crippen LogP) is 2.00. The molecule has 1 heterocycles. The second-order valence-corrected chi connectivity index (χ2v) is 6.32. The van der Waals surface area contributed by atoms with Gasteiger partial charge in [-0.3, -0.25) is 4.79 Å². The molecule has 2 atom stereocenters. The lowest BCUT2D eigenvalue weighted by molar-refractivity contribution is -0.165. The highest BCUT2D eigenvalue weighted by Crippen LogP contribution is 2.29. The summed E-state index contributed by atoms with van der Waals surface area (Å²) in [6.07, 6.45) is 2.63. The van der Waals surface area contributed by atoms with Gasteiger partial charge in [-0.15, -0.1) is 0 Å². The van der Waals surface area contributed by atoms with Crippen LogP contribution in [-0.2, 0) is 19.1 Å². The number of carbonyl (C=O) groups excluding carboxylic acids is 1. The second kappa shape index (κ2) is 7.77. The monoisotopic (exact) mass is 333 g/mol. The van der Waals surface area contributed by atoms with E-state index in [1.54, 1.807) is 4.90 Å². The van der Waals surface area contributed by atoms with Gasteiger partial charge in [0.25, 0.3) is 5.91 Å². The van der Waals surface area contributed by atoms with Gasteiger partial charge in [0, 0.05) is 6.54 Å². The number of amides is 1. The molecule has 0 unspecified atom stereocenters. The number of morpholine rings is 1. The molecule has 24 heavy (non-hydrogen) atoms. The second-order valence-electron chi connectivity index (χ2n) is 6.32. The summed E-state index contributed by atoms with van der Waals surface area (Å²) in [5.74, 6) is -1.22. The highest BCUT2D eigenvalue weighted by Gasteiger charge is 2.35. The largest absolute Gasteiger partial charge is 0.479 e. The molecule has 1 aliphatic heterocycles. The van der Waals surface area contributed by atoms with Crippen LogP contribution in [0.3, 0.4) is 0 Å². The van der Waals surface area contributed by atoms with Gasteiger partial charge in [-0.2, -0.15) is 0 Å². The van der Waals surface area contributed by atoms with Crippen molar-refractivity contribution in [1.82, 2.24) is 4.90 Å². The van der Waals surface area contributed by atoms with Crippen LogP contribution in [-0.4, -0.2) is 53.8 Å². The minimum Gasteiger partial charge on any atom is -0.479 e. The molecule has 0 radical (unpaired) electrons. The molecule has 0 bridgehead atoms. The van der Waals surface area contributed by atoms with E-state index in [2.05, 4.69) is 0 Å². The Labute approximate surface area is 141 Å². The zero-order valence-corrected chi connectivity index (χ0v) is 13.6. The molecule has 1 N–H and O–H groups in total. The van der Waals surface area contributed by atoms with E-state index in [4.69, 9.17) is 14.6 Å². The van der Waals surface area contributed by atoms with E-state index < -0.39 is 18.2 Å². The van der Waals surface area contributed by atoms with Crippen LogP contribution in [0.1, 0.15) is 37.4 Å². The lowest BCUT2D eigenvalue weighted by Crippen LogP contribution is -2.50. The Balaban J connectivity index is 1.76. The maximum Gasteiger partial charge on any atom is 0.334 e. The molecule has 6 nitrogen and oxygen atoms in total. The summed E-state index contributed by atoms with van der Waals surface area (Å²) in [6.45, 7) is 0.680. The van der Waals surface area contributed by atoms with Crippen LogP contribution in [0, 0.1) is 0 Å². The first-order chi connectivity index (χ1) is 11.6.